The normalized spacial score (nSPS) is 18.4. The quantitative estimate of drug-likeness (QED) is 0.482. The molecule has 2 unspecified atom stereocenters. The number of rotatable bonds is 8. The van der Waals surface area contributed by atoms with E-state index in [1.165, 1.54) is 6.33 Å². The second-order valence-electron chi connectivity index (χ2n) is 6.59. The molecule has 0 radical (unpaired) electrons. The maximum atomic E-state index is 5.88. The summed E-state index contributed by atoms with van der Waals surface area (Å²) in [4.78, 5) is 8.89. The van der Waals surface area contributed by atoms with Crippen molar-refractivity contribution in [2.24, 2.45) is 4.99 Å². The Hall–Kier alpha value is -2.45. The highest BCUT2D eigenvalue weighted by Gasteiger charge is 2.17. The van der Waals surface area contributed by atoms with Gasteiger partial charge in [-0.3, -0.25) is 5.10 Å². The van der Waals surface area contributed by atoms with E-state index in [0.29, 0.717) is 19.8 Å². The van der Waals surface area contributed by atoms with Crippen LogP contribution in [0.4, 0.5) is 0 Å². The predicted octanol–water partition coefficient (Wildman–Crippen LogP) is 1.72. The van der Waals surface area contributed by atoms with Crippen molar-refractivity contribution in [2.75, 3.05) is 26.4 Å². The average molecular weight is 372 g/mol. The highest BCUT2D eigenvalue weighted by Crippen LogP contribution is 2.16. The Morgan fingerprint density at radius 2 is 2.41 bits per heavy atom. The number of aromatic amines is 1. The summed E-state index contributed by atoms with van der Waals surface area (Å²) in [5.74, 6) is 1.54. The molecule has 2 aromatic rings. The van der Waals surface area contributed by atoms with Crippen LogP contribution in [0.15, 0.2) is 35.6 Å². The molecule has 3 rings (SSSR count). The van der Waals surface area contributed by atoms with Gasteiger partial charge < -0.3 is 20.1 Å². The number of aliphatic imine (C=N–C) groups is 1. The van der Waals surface area contributed by atoms with Crippen LogP contribution in [-0.4, -0.2) is 59.7 Å². The first-order chi connectivity index (χ1) is 13.2. The van der Waals surface area contributed by atoms with Crippen LogP contribution in [0.1, 0.15) is 25.8 Å². The first-order valence-electron chi connectivity index (χ1n) is 9.43. The zero-order valence-electron chi connectivity index (χ0n) is 15.9. The molecule has 0 saturated carbocycles. The summed E-state index contributed by atoms with van der Waals surface area (Å²) in [6, 6.07) is 8.29. The molecule has 0 spiro atoms. The number of hydrogen-bond donors (Lipinski definition) is 3. The zero-order chi connectivity index (χ0) is 18.9. The fourth-order valence-electron chi connectivity index (χ4n) is 2.85. The Labute approximate surface area is 159 Å². The summed E-state index contributed by atoms with van der Waals surface area (Å²) in [5, 5.41) is 13.5. The summed E-state index contributed by atoms with van der Waals surface area (Å²) >= 11 is 0. The van der Waals surface area contributed by atoms with Crippen LogP contribution < -0.4 is 10.6 Å². The monoisotopic (exact) mass is 372 g/mol. The molecule has 8 nitrogen and oxygen atoms in total. The Morgan fingerprint density at radius 1 is 1.48 bits per heavy atom. The van der Waals surface area contributed by atoms with Crippen molar-refractivity contribution >= 4 is 5.96 Å². The lowest BCUT2D eigenvalue weighted by molar-refractivity contribution is 0.0347. The van der Waals surface area contributed by atoms with Crippen LogP contribution in [-0.2, 0) is 16.0 Å². The van der Waals surface area contributed by atoms with Crippen molar-refractivity contribution in [3.05, 3.63) is 36.2 Å². The number of H-pyrrole nitrogens is 1. The number of nitrogens with one attached hydrogen (secondary N) is 3. The van der Waals surface area contributed by atoms with Gasteiger partial charge in [0.25, 0.3) is 0 Å². The Kier molecular flexibility index (Phi) is 7.18. The maximum absolute atomic E-state index is 5.88. The summed E-state index contributed by atoms with van der Waals surface area (Å²) in [5.41, 5.74) is 2.10. The lowest BCUT2D eigenvalue weighted by Crippen LogP contribution is -2.44. The molecule has 1 aliphatic rings. The third kappa shape index (κ3) is 6.04. The van der Waals surface area contributed by atoms with Gasteiger partial charge in [-0.1, -0.05) is 18.2 Å². The van der Waals surface area contributed by atoms with Crippen LogP contribution in [0, 0.1) is 0 Å². The van der Waals surface area contributed by atoms with E-state index < -0.39 is 0 Å². The molecule has 2 atom stereocenters. The zero-order valence-corrected chi connectivity index (χ0v) is 15.9. The van der Waals surface area contributed by atoms with Gasteiger partial charge in [-0.15, -0.1) is 0 Å². The van der Waals surface area contributed by atoms with Gasteiger partial charge in [0, 0.05) is 24.8 Å². The van der Waals surface area contributed by atoms with Gasteiger partial charge in [-0.05, 0) is 31.9 Å². The minimum Gasteiger partial charge on any atom is -0.379 e. The molecular formula is C19H28N6O2. The number of benzene rings is 1. The SMILES string of the molecule is CCNC(=NCc1cccc(-c2ncn[nH]2)c1)NC(C)COC1CCOC1. The van der Waals surface area contributed by atoms with Crippen LogP contribution in [0.25, 0.3) is 11.4 Å². The fraction of sp³-hybridized carbons (Fsp3) is 0.526. The van der Waals surface area contributed by atoms with E-state index in [0.717, 1.165) is 42.5 Å². The van der Waals surface area contributed by atoms with E-state index in [1.807, 2.05) is 12.1 Å². The number of hydrogen-bond acceptors (Lipinski definition) is 5. The van der Waals surface area contributed by atoms with Gasteiger partial charge in [0.2, 0.25) is 0 Å². The molecule has 1 fully saturated rings. The van der Waals surface area contributed by atoms with Crippen molar-refractivity contribution in [1.82, 2.24) is 25.8 Å². The van der Waals surface area contributed by atoms with Gasteiger partial charge in [0.15, 0.2) is 11.8 Å². The van der Waals surface area contributed by atoms with Crippen LogP contribution >= 0.6 is 0 Å². The molecule has 1 saturated heterocycles. The van der Waals surface area contributed by atoms with Crippen molar-refractivity contribution in [2.45, 2.75) is 39.0 Å². The van der Waals surface area contributed by atoms with Crippen molar-refractivity contribution in [1.29, 1.82) is 0 Å². The van der Waals surface area contributed by atoms with E-state index in [1.54, 1.807) is 0 Å². The highest BCUT2D eigenvalue weighted by atomic mass is 16.5. The molecule has 27 heavy (non-hydrogen) atoms. The first kappa shape index (κ1) is 19.3. The topological polar surface area (TPSA) is 96.5 Å². The third-order valence-corrected chi connectivity index (χ3v) is 4.23. The fourth-order valence-corrected chi connectivity index (χ4v) is 2.85. The smallest absolute Gasteiger partial charge is 0.191 e. The molecule has 1 aromatic carbocycles. The van der Waals surface area contributed by atoms with Crippen LogP contribution in [0.5, 0.6) is 0 Å². The number of nitrogens with zero attached hydrogens (tertiary/aromatic N) is 3. The maximum Gasteiger partial charge on any atom is 0.191 e. The molecule has 146 valence electrons. The number of guanidine groups is 1. The Balaban J connectivity index is 1.55. The van der Waals surface area contributed by atoms with Gasteiger partial charge in [-0.25, -0.2) is 9.98 Å². The lowest BCUT2D eigenvalue weighted by atomic mass is 10.1. The van der Waals surface area contributed by atoms with Gasteiger partial charge >= 0.3 is 0 Å². The van der Waals surface area contributed by atoms with Gasteiger partial charge in [0.05, 0.1) is 25.9 Å². The summed E-state index contributed by atoms with van der Waals surface area (Å²) in [7, 11) is 0. The van der Waals surface area contributed by atoms with E-state index in [4.69, 9.17) is 14.5 Å². The molecule has 1 aromatic heterocycles. The van der Waals surface area contributed by atoms with Crippen molar-refractivity contribution in [3.63, 3.8) is 0 Å². The first-order valence-corrected chi connectivity index (χ1v) is 9.43. The third-order valence-electron chi connectivity index (χ3n) is 4.23. The largest absolute Gasteiger partial charge is 0.379 e. The van der Waals surface area contributed by atoms with Gasteiger partial charge in [0.1, 0.15) is 6.33 Å². The Morgan fingerprint density at radius 3 is 3.15 bits per heavy atom. The molecule has 1 aliphatic heterocycles. The summed E-state index contributed by atoms with van der Waals surface area (Å²) < 4.78 is 11.2. The number of ether oxygens (including phenoxy) is 2. The van der Waals surface area contributed by atoms with E-state index >= 15 is 0 Å². The van der Waals surface area contributed by atoms with Crippen molar-refractivity contribution < 1.29 is 9.47 Å². The van der Waals surface area contributed by atoms with Gasteiger partial charge in [-0.2, -0.15) is 5.10 Å². The van der Waals surface area contributed by atoms with Crippen LogP contribution in [0.2, 0.25) is 0 Å². The summed E-state index contributed by atoms with van der Waals surface area (Å²) in [6.45, 7) is 7.63. The molecular weight excluding hydrogens is 344 g/mol. The molecule has 0 amide bonds. The molecule has 2 heterocycles. The van der Waals surface area contributed by atoms with E-state index in [-0.39, 0.29) is 12.1 Å². The molecule has 0 bridgehead atoms. The van der Waals surface area contributed by atoms with E-state index in [2.05, 4.69) is 51.8 Å². The second kappa shape index (κ2) is 10.0. The van der Waals surface area contributed by atoms with Crippen molar-refractivity contribution in [3.8, 4) is 11.4 Å². The molecule has 8 heteroatoms. The minimum atomic E-state index is 0.156. The lowest BCUT2D eigenvalue weighted by Gasteiger charge is -2.19. The molecule has 3 N–H and O–H groups in total. The standard InChI is InChI=1S/C19H28N6O2/c1-3-20-19(24-14(2)11-27-17-7-8-26-12-17)21-10-15-5-4-6-16(9-15)18-22-13-23-25-18/h4-6,9,13-14,17H,3,7-8,10-12H2,1-2H3,(H2,20,21,24)(H,22,23,25). The minimum absolute atomic E-state index is 0.156. The average Bonchev–Trinajstić information content (AvgIpc) is 3.39. The molecule has 0 aliphatic carbocycles. The Bertz CT molecular complexity index is 713. The highest BCUT2D eigenvalue weighted by molar-refractivity contribution is 5.80. The predicted molar refractivity (Wildman–Crippen MR) is 104 cm³/mol. The van der Waals surface area contributed by atoms with Crippen LogP contribution in [0.3, 0.4) is 0 Å². The van der Waals surface area contributed by atoms with E-state index in [9.17, 15) is 0 Å². The number of aromatic nitrogens is 3. The summed E-state index contributed by atoms with van der Waals surface area (Å²) in [6.07, 6.45) is 2.70. The second-order valence-corrected chi connectivity index (χ2v) is 6.59.